The highest BCUT2D eigenvalue weighted by molar-refractivity contribution is 5.62. The van der Waals surface area contributed by atoms with Crippen molar-refractivity contribution in [2.24, 2.45) is 0 Å². The van der Waals surface area contributed by atoms with Crippen molar-refractivity contribution in [1.82, 2.24) is 9.97 Å². The molecule has 1 heterocycles. The lowest BCUT2D eigenvalue weighted by atomic mass is 10.3. The second-order valence-corrected chi connectivity index (χ2v) is 2.28. The van der Waals surface area contributed by atoms with Crippen LogP contribution in [0.1, 0.15) is 5.82 Å². The molecule has 0 fully saturated rings. The quantitative estimate of drug-likeness (QED) is 0.730. The number of halogens is 3. The summed E-state index contributed by atoms with van der Waals surface area (Å²) < 4.78 is 36.1. The minimum Gasteiger partial charge on any atom is -0.384 e. The first kappa shape index (κ1) is 9.50. The zero-order valence-electron chi connectivity index (χ0n) is 6.47. The fourth-order valence-corrected chi connectivity index (χ4v) is 0.645. The van der Waals surface area contributed by atoms with Crippen LogP contribution in [0.4, 0.5) is 19.0 Å². The van der Waals surface area contributed by atoms with Crippen LogP contribution in [0, 0.1) is 0 Å². The highest BCUT2D eigenvalue weighted by Crippen LogP contribution is 2.30. The molecule has 0 saturated heterocycles. The zero-order chi connectivity index (χ0) is 10.1. The topological polar surface area (TPSA) is 51.8 Å². The van der Waals surface area contributed by atoms with E-state index in [0.29, 0.717) is 0 Å². The molecule has 0 aliphatic carbocycles. The van der Waals surface area contributed by atoms with Gasteiger partial charge in [0.05, 0.1) is 5.57 Å². The van der Waals surface area contributed by atoms with Crippen LogP contribution in [0.5, 0.6) is 0 Å². The van der Waals surface area contributed by atoms with E-state index in [1.165, 1.54) is 6.07 Å². The lowest BCUT2D eigenvalue weighted by Gasteiger charge is -2.07. The number of nitrogens with zero attached hydrogens (tertiary/aromatic N) is 2. The van der Waals surface area contributed by atoms with Crippen molar-refractivity contribution in [3.63, 3.8) is 0 Å². The summed E-state index contributed by atoms with van der Waals surface area (Å²) in [6, 6.07) is 1.30. The van der Waals surface area contributed by atoms with Crippen LogP contribution in [0.2, 0.25) is 0 Å². The van der Waals surface area contributed by atoms with Crippen molar-refractivity contribution in [3.8, 4) is 0 Å². The molecule has 6 heteroatoms. The number of hydrogen-bond donors (Lipinski definition) is 1. The van der Waals surface area contributed by atoms with Gasteiger partial charge in [-0.1, -0.05) is 6.58 Å². The highest BCUT2D eigenvalue weighted by Gasteiger charge is 2.34. The Morgan fingerprint density at radius 2 is 2.08 bits per heavy atom. The molecule has 0 saturated carbocycles. The van der Waals surface area contributed by atoms with Crippen molar-refractivity contribution >= 4 is 11.4 Å². The standard InChI is InChI=1S/C7H6F3N3/c1-4(7(8,9)10)6-12-3-2-5(11)13-6/h2-3H,1H2,(H2,11,12,13). The predicted octanol–water partition coefficient (Wildman–Crippen LogP) is 1.63. The summed E-state index contributed by atoms with van der Waals surface area (Å²) in [4.78, 5) is 6.78. The van der Waals surface area contributed by atoms with Crippen molar-refractivity contribution in [2.75, 3.05) is 5.73 Å². The minimum atomic E-state index is -4.52. The van der Waals surface area contributed by atoms with E-state index in [1.54, 1.807) is 0 Å². The Morgan fingerprint density at radius 3 is 2.54 bits per heavy atom. The molecule has 1 aromatic rings. The van der Waals surface area contributed by atoms with Crippen LogP contribution >= 0.6 is 0 Å². The van der Waals surface area contributed by atoms with Gasteiger partial charge in [0.2, 0.25) is 0 Å². The number of allylic oxidation sites excluding steroid dienone is 1. The number of anilines is 1. The van der Waals surface area contributed by atoms with Crippen molar-refractivity contribution in [1.29, 1.82) is 0 Å². The van der Waals surface area contributed by atoms with Gasteiger partial charge in [0.25, 0.3) is 0 Å². The molecule has 70 valence electrons. The molecule has 0 aliphatic heterocycles. The molecule has 0 aliphatic rings. The Morgan fingerprint density at radius 1 is 1.46 bits per heavy atom. The summed E-state index contributed by atoms with van der Waals surface area (Å²) in [5.74, 6) is -0.511. The number of aromatic nitrogens is 2. The summed E-state index contributed by atoms with van der Waals surface area (Å²) >= 11 is 0. The third-order valence-electron chi connectivity index (χ3n) is 1.29. The van der Waals surface area contributed by atoms with Crippen LogP contribution in [-0.4, -0.2) is 16.1 Å². The first-order valence-corrected chi connectivity index (χ1v) is 3.26. The van der Waals surface area contributed by atoms with Gasteiger partial charge in [-0.2, -0.15) is 13.2 Å². The summed E-state index contributed by atoms with van der Waals surface area (Å²) in [5.41, 5.74) is 4.08. The molecule has 0 aromatic carbocycles. The van der Waals surface area contributed by atoms with E-state index in [4.69, 9.17) is 5.73 Å². The van der Waals surface area contributed by atoms with E-state index >= 15 is 0 Å². The third-order valence-corrected chi connectivity index (χ3v) is 1.29. The van der Waals surface area contributed by atoms with E-state index in [0.717, 1.165) is 6.20 Å². The van der Waals surface area contributed by atoms with Gasteiger partial charge in [0.15, 0.2) is 5.82 Å². The van der Waals surface area contributed by atoms with E-state index in [9.17, 15) is 13.2 Å². The first-order chi connectivity index (χ1) is 5.91. The molecule has 0 spiro atoms. The van der Waals surface area contributed by atoms with E-state index in [2.05, 4.69) is 16.5 Å². The van der Waals surface area contributed by atoms with Gasteiger partial charge in [0.1, 0.15) is 5.82 Å². The lowest BCUT2D eigenvalue weighted by molar-refractivity contribution is -0.0691. The van der Waals surface area contributed by atoms with E-state index in [-0.39, 0.29) is 5.82 Å². The largest absolute Gasteiger partial charge is 0.419 e. The molecule has 1 aromatic heterocycles. The Bertz CT molecular complexity index is 332. The summed E-state index contributed by atoms with van der Waals surface area (Å²) in [6.07, 6.45) is -3.37. The Kier molecular flexibility index (Phi) is 2.22. The van der Waals surface area contributed by atoms with Gasteiger partial charge < -0.3 is 5.73 Å². The van der Waals surface area contributed by atoms with E-state index < -0.39 is 17.6 Å². The third kappa shape index (κ3) is 2.17. The molecule has 0 atom stereocenters. The second kappa shape index (κ2) is 3.04. The molecule has 3 nitrogen and oxygen atoms in total. The monoisotopic (exact) mass is 189 g/mol. The van der Waals surface area contributed by atoms with Gasteiger partial charge in [-0.3, -0.25) is 0 Å². The molecule has 0 amide bonds. The molecule has 1 rings (SSSR count). The Balaban J connectivity index is 3.03. The van der Waals surface area contributed by atoms with Gasteiger partial charge in [-0.05, 0) is 6.07 Å². The first-order valence-electron chi connectivity index (χ1n) is 3.26. The number of nitrogens with two attached hydrogens (primary N) is 1. The second-order valence-electron chi connectivity index (χ2n) is 2.28. The maximum atomic E-state index is 12.0. The molecule has 2 N–H and O–H groups in total. The average molecular weight is 189 g/mol. The molecule has 13 heavy (non-hydrogen) atoms. The Labute approximate surface area is 72.1 Å². The fourth-order valence-electron chi connectivity index (χ4n) is 0.645. The summed E-state index contributed by atoms with van der Waals surface area (Å²) in [6.45, 7) is 2.83. The number of alkyl halides is 3. The van der Waals surface area contributed by atoms with Crippen molar-refractivity contribution in [2.45, 2.75) is 6.18 Å². The number of nitrogen functional groups attached to an aromatic ring is 1. The molecule has 0 radical (unpaired) electrons. The van der Waals surface area contributed by atoms with Crippen LogP contribution in [0.25, 0.3) is 5.57 Å². The Hall–Kier alpha value is -1.59. The van der Waals surface area contributed by atoms with Gasteiger partial charge >= 0.3 is 6.18 Å². The maximum Gasteiger partial charge on any atom is 0.419 e. The summed E-state index contributed by atoms with van der Waals surface area (Å²) in [7, 11) is 0. The van der Waals surface area contributed by atoms with E-state index in [1.807, 2.05) is 0 Å². The zero-order valence-corrected chi connectivity index (χ0v) is 6.47. The predicted molar refractivity (Wildman–Crippen MR) is 41.5 cm³/mol. The van der Waals surface area contributed by atoms with Gasteiger partial charge in [0, 0.05) is 6.20 Å². The maximum absolute atomic E-state index is 12.0. The smallest absolute Gasteiger partial charge is 0.384 e. The van der Waals surface area contributed by atoms with Crippen LogP contribution in [0.3, 0.4) is 0 Å². The lowest BCUT2D eigenvalue weighted by Crippen LogP contribution is -2.12. The van der Waals surface area contributed by atoms with Crippen LogP contribution in [-0.2, 0) is 0 Å². The summed E-state index contributed by atoms with van der Waals surface area (Å²) in [5, 5.41) is 0. The van der Waals surface area contributed by atoms with Gasteiger partial charge in [-0.25, -0.2) is 9.97 Å². The van der Waals surface area contributed by atoms with Crippen LogP contribution < -0.4 is 5.73 Å². The van der Waals surface area contributed by atoms with Crippen LogP contribution in [0.15, 0.2) is 18.8 Å². The van der Waals surface area contributed by atoms with Gasteiger partial charge in [-0.15, -0.1) is 0 Å². The van der Waals surface area contributed by atoms with Crippen molar-refractivity contribution < 1.29 is 13.2 Å². The van der Waals surface area contributed by atoms with Crippen molar-refractivity contribution in [3.05, 3.63) is 24.7 Å². The average Bonchev–Trinajstić information content (AvgIpc) is 2.01. The SMILES string of the molecule is C=C(c1nccc(N)n1)C(F)(F)F. The number of rotatable bonds is 1. The molecular weight excluding hydrogens is 183 g/mol. The minimum absolute atomic E-state index is 0.0181. The molecule has 0 unspecified atom stereocenters. The fraction of sp³-hybridized carbons (Fsp3) is 0.143. The molecular formula is C7H6F3N3. The molecule has 0 bridgehead atoms. The normalized spacial score (nSPS) is 11.3. The number of hydrogen-bond acceptors (Lipinski definition) is 3. The highest BCUT2D eigenvalue weighted by atomic mass is 19.4.